The molecular formula is C8H14O4S. The van der Waals surface area contributed by atoms with E-state index >= 15 is 0 Å². The van der Waals surface area contributed by atoms with Crippen LogP contribution in [0.4, 0.5) is 0 Å². The highest BCUT2D eigenvalue weighted by Gasteiger charge is 2.19. The summed E-state index contributed by atoms with van der Waals surface area (Å²) in [5.74, 6) is -0.922. The van der Waals surface area contributed by atoms with Crippen LogP contribution in [0, 0.1) is 0 Å². The average molecular weight is 206 g/mol. The van der Waals surface area contributed by atoms with Gasteiger partial charge < -0.3 is 9.47 Å². The van der Waals surface area contributed by atoms with E-state index in [1.165, 1.54) is 0 Å². The molecule has 0 aliphatic rings. The number of esters is 2. The van der Waals surface area contributed by atoms with Gasteiger partial charge in [0, 0.05) is 0 Å². The number of hydrogen-bond acceptors (Lipinski definition) is 5. The first-order valence-electron chi connectivity index (χ1n) is 4.12. The van der Waals surface area contributed by atoms with Gasteiger partial charge in [0.1, 0.15) is 5.25 Å². The molecule has 0 N–H and O–H groups in total. The van der Waals surface area contributed by atoms with Crippen molar-refractivity contribution in [3.05, 3.63) is 0 Å². The molecule has 13 heavy (non-hydrogen) atoms. The Morgan fingerprint density at radius 1 is 1.23 bits per heavy atom. The number of rotatable bonds is 5. The van der Waals surface area contributed by atoms with Crippen molar-refractivity contribution in [1.82, 2.24) is 0 Å². The number of carbonyl (C=O) groups excluding carboxylic acids is 2. The fourth-order valence-electron chi connectivity index (χ4n) is 0.700. The second kappa shape index (κ2) is 6.77. The fraction of sp³-hybridized carbons (Fsp3) is 0.750. The van der Waals surface area contributed by atoms with E-state index in [1.54, 1.807) is 13.8 Å². The van der Waals surface area contributed by atoms with E-state index in [1.807, 2.05) is 0 Å². The standard InChI is InChI=1S/C8H14O4S/c1-3-11-7(9)5-6(13)8(10)12-4-2/h6,13H,3-5H2,1-2H3/t6-/m1/s1. The van der Waals surface area contributed by atoms with Gasteiger partial charge >= 0.3 is 11.9 Å². The molecule has 0 heterocycles. The Labute approximate surface area is 83.0 Å². The maximum atomic E-state index is 11.0. The molecule has 5 heteroatoms. The molecule has 76 valence electrons. The van der Waals surface area contributed by atoms with Crippen molar-refractivity contribution in [2.45, 2.75) is 25.5 Å². The van der Waals surface area contributed by atoms with Crippen LogP contribution >= 0.6 is 12.6 Å². The third kappa shape index (κ3) is 5.52. The van der Waals surface area contributed by atoms with Crippen LogP contribution in [0.2, 0.25) is 0 Å². The molecular weight excluding hydrogens is 192 g/mol. The van der Waals surface area contributed by atoms with Gasteiger partial charge in [-0.05, 0) is 13.8 Å². The number of thiol groups is 1. The van der Waals surface area contributed by atoms with E-state index in [0.29, 0.717) is 13.2 Å². The Balaban J connectivity index is 3.78. The predicted molar refractivity (Wildman–Crippen MR) is 50.7 cm³/mol. The van der Waals surface area contributed by atoms with Crippen molar-refractivity contribution in [1.29, 1.82) is 0 Å². The molecule has 0 aliphatic carbocycles. The summed E-state index contributed by atoms with van der Waals surface area (Å²) in [4.78, 5) is 21.9. The van der Waals surface area contributed by atoms with Gasteiger partial charge in [-0.2, -0.15) is 12.6 Å². The number of ether oxygens (including phenoxy) is 2. The maximum absolute atomic E-state index is 11.0. The van der Waals surface area contributed by atoms with Crippen molar-refractivity contribution in [2.75, 3.05) is 13.2 Å². The minimum atomic E-state index is -0.723. The van der Waals surface area contributed by atoms with E-state index in [9.17, 15) is 9.59 Å². The lowest BCUT2D eigenvalue weighted by molar-refractivity contribution is -0.149. The lowest BCUT2D eigenvalue weighted by Gasteiger charge is -2.08. The Bertz CT molecular complexity index is 181. The molecule has 0 unspecified atom stereocenters. The summed E-state index contributed by atoms with van der Waals surface area (Å²) < 4.78 is 9.30. The minimum Gasteiger partial charge on any atom is -0.466 e. The average Bonchev–Trinajstić information content (AvgIpc) is 2.05. The molecule has 0 aliphatic heterocycles. The van der Waals surface area contributed by atoms with Crippen molar-refractivity contribution >= 4 is 24.6 Å². The first-order chi connectivity index (χ1) is 6.11. The van der Waals surface area contributed by atoms with E-state index in [4.69, 9.17) is 0 Å². The van der Waals surface area contributed by atoms with Gasteiger partial charge in [-0.15, -0.1) is 0 Å². The van der Waals surface area contributed by atoms with Crippen molar-refractivity contribution < 1.29 is 19.1 Å². The third-order valence-electron chi connectivity index (χ3n) is 1.22. The fourth-order valence-corrected chi connectivity index (χ4v) is 0.923. The molecule has 0 fully saturated rings. The molecule has 0 spiro atoms. The molecule has 0 radical (unpaired) electrons. The zero-order valence-corrected chi connectivity index (χ0v) is 8.67. The van der Waals surface area contributed by atoms with Gasteiger partial charge in [0.15, 0.2) is 0 Å². The number of carbonyl (C=O) groups is 2. The zero-order valence-electron chi connectivity index (χ0n) is 7.78. The van der Waals surface area contributed by atoms with Crippen LogP contribution in [0.15, 0.2) is 0 Å². The summed E-state index contributed by atoms with van der Waals surface area (Å²) in [6.07, 6.45) is -0.0458. The Kier molecular flexibility index (Phi) is 6.40. The molecule has 0 rings (SSSR count). The van der Waals surface area contributed by atoms with Crippen LogP contribution in [-0.4, -0.2) is 30.4 Å². The largest absolute Gasteiger partial charge is 0.466 e. The summed E-state index contributed by atoms with van der Waals surface area (Å²) in [7, 11) is 0. The zero-order chi connectivity index (χ0) is 10.3. The molecule has 0 amide bonds. The highest BCUT2D eigenvalue weighted by Crippen LogP contribution is 2.05. The van der Waals surface area contributed by atoms with Crippen LogP contribution in [0.3, 0.4) is 0 Å². The quantitative estimate of drug-likeness (QED) is 0.534. The smallest absolute Gasteiger partial charge is 0.319 e. The van der Waals surface area contributed by atoms with E-state index in [0.717, 1.165) is 0 Å². The molecule has 0 aromatic carbocycles. The first-order valence-corrected chi connectivity index (χ1v) is 4.63. The Morgan fingerprint density at radius 3 is 2.23 bits per heavy atom. The Morgan fingerprint density at radius 2 is 1.77 bits per heavy atom. The molecule has 0 saturated heterocycles. The predicted octanol–water partition coefficient (Wildman–Crippen LogP) is 0.801. The summed E-state index contributed by atoms with van der Waals surface area (Å²) >= 11 is 3.92. The van der Waals surface area contributed by atoms with Crippen LogP contribution in [-0.2, 0) is 19.1 Å². The van der Waals surface area contributed by atoms with Gasteiger partial charge in [-0.3, -0.25) is 9.59 Å². The summed E-state index contributed by atoms with van der Waals surface area (Å²) in [5, 5.41) is -0.723. The van der Waals surface area contributed by atoms with Gasteiger partial charge in [-0.25, -0.2) is 0 Å². The lowest BCUT2D eigenvalue weighted by Crippen LogP contribution is -2.22. The van der Waals surface area contributed by atoms with Crippen LogP contribution in [0.5, 0.6) is 0 Å². The van der Waals surface area contributed by atoms with Crippen molar-refractivity contribution in [2.24, 2.45) is 0 Å². The van der Waals surface area contributed by atoms with Gasteiger partial charge in [0.25, 0.3) is 0 Å². The van der Waals surface area contributed by atoms with Gasteiger partial charge in [0.2, 0.25) is 0 Å². The third-order valence-corrected chi connectivity index (χ3v) is 1.62. The molecule has 1 atom stereocenters. The van der Waals surface area contributed by atoms with Crippen molar-refractivity contribution in [3.63, 3.8) is 0 Å². The SMILES string of the molecule is CCOC(=O)C[C@@H](S)C(=O)OCC. The summed E-state index contributed by atoms with van der Waals surface area (Å²) in [6.45, 7) is 4.00. The highest BCUT2D eigenvalue weighted by molar-refractivity contribution is 7.81. The van der Waals surface area contributed by atoms with E-state index in [2.05, 4.69) is 22.1 Å². The normalized spacial score (nSPS) is 11.9. The molecule has 4 nitrogen and oxygen atoms in total. The summed E-state index contributed by atoms with van der Waals surface area (Å²) in [5.41, 5.74) is 0. The second-order valence-electron chi connectivity index (χ2n) is 2.28. The first kappa shape index (κ1) is 12.3. The topological polar surface area (TPSA) is 52.6 Å². The molecule has 0 aromatic heterocycles. The van der Waals surface area contributed by atoms with Crippen molar-refractivity contribution in [3.8, 4) is 0 Å². The van der Waals surface area contributed by atoms with Gasteiger partial charge in [0.05, 0.1) is 19.6 Å². The van der Waals surface area contributed by atoms with Gasteiger partial charge in [-0.1, -0.05) is 0 Å². The summed E-state index contributed by atoms with van der Waals surface area (Å²) in [6, 6.07) is 0. The second-order valence-corrected chi connectivity index (χ2v) is 2.90. The molecule has 0 saturated carbocycles. The monoisotopic (exact) mass is 206 g/mol. The van der Waals surface area contributed by atoms with E-state index < -0.39 is 17.2 Å². The van der Waals surface area contributed by atoms with Crippen LogP contribution < -0.4 is 0 Å². The van der Waals surface area contributed by atoms with Crippen LogP contribution in [0.25, 0.3) is 0 Å². The highest BCUT2D eigenvalue weighted by atomic mass is 32.1. The van der Waals surface area contributed by atoms with E-state index in [-0.39, 0.29) is 6.42 Å². The Hall–Kier alpha value is -0.710. The molecule has 0 aromatic rings. The minimum absolute atomic E-state index is 0.0458. The number of hydrogen-bond donors (Lipinski definition) is 1. The van der Waals surface area contributed by atoms with Crippen LogP contribution in [0.1, 0.15) is 20.3 Å². The maximum Gasteiger partial charge on any atom is 0.319 e. The lowest BCUT2D eigenvalue weighted by atomic mass is 10.3. The molecule has 0 bridgehead atoms.